The van der Waals surface area contributed by atoms with Gasteiger partial charge in [-0.1, -0.05) is 0 Å². The number of anilines is 1. The molecule has 3 rings (SSSR count). The number of amides is 2. The molecule has 1 heterocycles. The molecule has 0 aliphatic carbocycles. The molecule has 0 spiro atoms. The number of carbonyl (C=O) groups excluding carboxylic acids is 2. The first-order valence-corrected chi connectivity index (χ1v) is 8.06. The first kappa shape index (κ1) is 17.3. The average molecular weight is 353 g/mol. The quantitative estimate of drug-likeness (QED) is 0.633. The van der Waals surface area contributed by atoms with Crippen LogP contribution in [0.4, 0.5) is 5.69 Å². The monoisotopic (exact) mass is 353 g/mol. The lowest BCUT2D eigenvalue weighted by Gasteiger charge is -2.10. The topological polar surface area (TPSA) is 106 Å². The minimum atomic E-state index is -0.586. The third-order valence-corrected chi connectivity index (χ3v) is 3.88. The van der Waals surface area contributed by atoms with E-state index in [2.05, 4.69) is 10.3 Å². The molecule has 134 valence electrons. The summed E-state index contributed by atoms with van der Waals surface area (Å²) < 4.78 is 10.7. The lowest BCUT2D eigenvalue weighted by molar-refractivity contribution is 0.0995. The van der Waals surface area contributed by atoms with Crippen LogP contribution in [-0.4, -0.2) is 30.5 Å². The van der Waals surface area contributed by atoms with Crippen molar-refractivity contribution in [2.75, 3.05) is 19.0 Å². The number of aromatic nitrogens is 1. The molecule has 4 N–H and O–H groups in total. The van der Waals surface area contributed by atoms with Crippen molar-refractivity contribution in [3.05, 3.63) is 53.7 Å². The molecule has 0 fully saturated rings. The largest absolute Gasteiger partial charge is 0.495 e. The van der Waals surface area contributed by atoms with Gasteiger partial charge in [0.1, 0.15) is 17.2 Å². The molecule has 1 aromatic heterocycles. The van der Waals surface area contributed by atoms with E-state index in [-0.39, 0.29) is 11.5 Å². The van der Waals surface area contributed by atoms with Gasteiger partial charge < -0.3 is 25.5 Å². The summed E-state index contributed by atoms with van der Waals surface area (Å²) in [6, 6.07) is 11.9. The summed E-state index contributed by atoms with van der Waals surface area (Å²) in [5.74, 6) is 0.207. The smallest absolute Gasteiger partial charge is 0.272 e. The van der Waals surface area contributed by atoms with Gasteiger partial charge in [0.2, 0.25) is 5.91 Å². The zero-order valence-corrected chi connectivity index (χ0v) is 14.5. The van der Waals surface area contributed by atoms with Gasteiger partial charge in [0, 0.05) is 22.5 Å². The van der Waals surface area contributed by atoms with Gasteiger partial charge >= 0.3 is 0 Å². The molecule has 0 saturated heterocycles. The Morgan fingerprint density at radius 1 is 1.15 bits per heavy atom. The second kappa shape index (κ2) is 7.18. The van der Waals surface area contributed by atoms with E-state index in [0.29, 0.717) is 23.7 Å². The number of primary amides is 1. The van der Waals surface area contributed by atoms with E-state index in [9.17, 15) is 9.59 Å². The molecule has 0 aliphatic heterocycles. The summed E-state index contributed by atoms with van der Waals surface area (Å²) in [5, 5.41) is 3.63. The third kappa shape index (κ3) is 3.46. The Balaban J connectivity index is 1.89. The van der Waals surface area contributed by atoms with E-state index in [4.69, 9.17) is 15.2 Å². The first-order valence-electron chi connectivity index (χ1n) is 8.06. The van der Waals surface area contributed by atoms with Crippen LogP contribution in [0.1, 0.15) is 27.8 Å². The van der Waals surface area contributed by atoms with Crippen molar-refractivity contribution >= 4 is 28.4 Å². The Morgan fingerprint density at radius 2 is 1.96 bits per heavy atom. The number of nitrogens with two attached hydrogens (primary N) is 1. The van der Waals surface area contributed by atoms with E-state index in [1.165, 1.54) is 19.2 Å². The first-order chi connectivity index (χ1) is 12.5. The van der Waals surface area contributed by atoms with E-state index >= 15 is 0 Å². The fourth-order valence-corrected chi connectivity index (χ4v) is 2.63. The van der Waals surface area contributed by atoms with Crippen LogP contribution in [0.15, 0.2) is 42.5 Å². The zero-order valence-electron chi connectivity index (χ0n) is 14.5. The molecule has 2 amide bonds. The minimum Gasteiger partial charge on any atom is -0.495 e. The second-order valence-corrected chi connectivity index (χ2v) is 5.60. The number of benzene rings is 2. The molecule has 7 heteroatoms. The SMILES string of the molecule is CCOc1ccc2cc(C(=O)Nc3cc(C(N)=O)ccc3OC)[nH]c2c1. The van der Waals surface area contributed by atoms with Gasteiger partial charge in [-0.15, -0.1) is 0 Å². The van der Waals surface area contributed by atoms with Crippen LogP contribution in [-0.2, 0) is 0 Å². The maximum Gasteiger partial charge on any atom is 0.272 e. The van der Waals surface area contributed by atoms with Crippen molar-refractivity contribution in [2.45, 2.75) is 6.92 Å². The third-order valence-electron chi connectivity index (χ3n) is 3.88. The Hall–Kier alpha value is -3.48. The van der Waals surface area contributed by atoms with Gasteiger partial charge in [-0.05, 0) is 43.3 Å². The highest BCUT2D eigenvalue weighted by atomic mass is 16.5. The highest BCUT2D eigenvalue weighted by Gasteiger charge is 2.14. The number of rotatable bonds is 6. The maximum atomic E-state index is 12.6. The van der Waals surface area contributed by atoms with E-state index in [1.807, 2.05) is 25.1 Å². The average Bonchev–Trinajstić information content (AvgIpc) is 3.05. The molecule has 2 aromatic carbocycles. The van der Waals surface area contributed by atoms with Crippen molar-refractivity contribution in [3.8, 4) is 11.5 Å². The number of aromatic amines is 1. The van der Waals surface area contributed by atoms with Crippen molar-refractivity contribution in [1.82, 2.24) is 4.98 Å². The molecule has 0 bridgehead atoms. The predicted octanol–water partition coefficient (Wildman–Crippen LogP) is 2.93. The summed E-state index contributed by atoms with van der Waals surface area (Å²) in [4.78, 5) is 27.0. The van der Waals surface area contributed by atoms with Gasteiger partial charge in [0.05, 0.1) is 19.4 Å². The van der Waals surface area contributed by atoms with Crippen molar-refractivity contribution in [2.24, 2.45) is 5.73 Å². The van der Waals surface area contributed by atoms with Crippen LogP contribution < -0.4 is 20.5 Å². The zero-order chi connectivity index (χ0) is 18.7. The lowest BCUT2D eigenvalue weighted by atomic mass is 10.1. The molecular formula is C19H19N3O4. The molecule has 3 aromatic rings. The van der Waals surface area contributed by atoms with E-state index in [1.54, 1.807) is 12.1 Å². The van der Waals surface area contributed by atoms with Gasteiger partial charge in [-0.2, -0.15) is 0 Å². The lowest BCUT2D eigenvalue weighted by Crippen LogP contribution is -2.15. The fraction of sp³-hybridized carbons (Fsp3) is 0.158. The Kier molecular flexibility index (Phi) is 4.79. The summed E-state index contributed by atoms with van der Waals surface area (Å²) in [6.07, 6.45) is 0. The molecule has 7 nitrogen and oxygen atoms in total. The number of ether oxygens (including phenoxy) is 2. The molecule has 0 saturated carbocycles. The molecule has 26 heavy (non-hydrogen) atoms. The van der Waals surface area contributed by atoms with Crippen LogP contribution in [0.3, 0.4) is 0 Å². The van der Waals surface area contributed by atoms with E-state index in [0.717, 1.165) is 16.7 Å². The van der Waals surface area contributed by atoms with Crippen molar-refractivity contribution < 1.29 is 19.1 Å². The molecule has 0 atom stereocenters. The number of hydrogen-bond donors (Lipinski definition) is 3. The van der Waals surface area contributed by atoms with Gasteiger partial charge in [0.25, 0.3) is 5.91 Å². The summed E-state index contributed by atoms with van der Waals surface area (Å²) in [6.45, 7) is 2.47. The molecule has 0 unspecified atom stereocenters. The number of H-pyrrole nitrogens is 1. The normalized spacial score (nSPS) is 10.5. The Bertz CT molecular complexity index is 978. The second-order valence-electron chi connectivity index (χ2n) is 5.60. The van der Waals surface area contributed by atoms with Gasteiger partial charge in [-0.3, -0.25) is 9.59 Å². The van der Waals surface area contributed by atoms with Crippen LogP contribution >= 0.6 is 0 Å². The summed E-state index contributed by atoms with van der Waals surface area (Å²) in [5.41, 5.74) is 7.10. The van der Waals surface area contributed by atoms with E-state index < -0.39 is 5.91 Å². The van der Waals surface area contributed by atoms with Gasteiger partial charge in [0.15, 0.2) is 0 Å². The van der Waals surface area contributed by atoms with Crippen LogP contribution in [0.2, 0.25) is 0 Å². The number of hydrogen-bond acceptors (Lipinski definition) is 4. The van der Waals surface area contributed by atoms with Crippen LogP contribution in [0.25, 0.3) is 10.9 Å². The number of carbonyl (C=O) groups is 2. The molecule has 0 radical (unpaired) electrons. The highest BCUT2D eigenvalue weighted by molar-refractivity contribution is 6.07. The minimum absolute atomic E-state index is 0.277. The predicted molar refractivity (Wildman–Crippen MR) is 98.9 cm³/mol. The summed E-state index contributed by atoms with van der Waals surface area (Å²) >= 11 is 0. The fourth-order valence-electron chi connectivity index (χ4n) is 2.63. The summed E-state index contributed by atoms with van der Waals surface area (Å²) in [7, 11) is 1.48. The molecular weight excluding hydrogens is 334 g/mol. The van der Waals surface area contributed by atoms with Crippen LogP contribution in [0, 0.1) is 0 Å². The van der Waals surface area contributed by atoms with Gasteiger partial charge in [-0.25, -0.2) is 0 Å². The standard InChI is InChI=1S/C19H19N3O4/c1-3-26-13-6-4-11-8-16(21-14(11)10-13)19(24)22-15-9-12(18(20)23)5-7-17(15)25-2/h4-10,21H,3H2,1-2H3,(H2,20,23)(H,22,24). The maximum absolute atomic E-state index is 12.6. The Morgan fingerprint density at radius 3 is 2.65 bits per heavy atom. The van der Waals surface area contributed by atoms with Crippen LogP contribution in [0.5, 0.6) is 11.5 Å². The number of nitrogens with one attached hydrogen (secondary N) is 2. The number of methoxy groups -OCH3 is 1. The Labute approximate surface area is 150 Å². The van der Waals surface area contributed by atoms with Crippen molar-refractivity contribution in [1.29, 1.82) is 0 Å². The van der Waals surface area contributed by atoms with Crippen molar-refractivity contribution in [3.63, 3.8) is 0 Å². The highest BCUT2D eigenvalue weighted by Crippen LogP contribution is 2.27. The number of fused-ring (bicyclic) bond motifs is 1. The molecule has 0 aliphatic rings.